The van der Waals surface area contributed by atoms with E-state index in [9.17, 15) is 18.0 Å². The average molecular weight is 265 g/mol. The Morgan fingerprint density at radius 2 is 2.11 bits per heavy atom. The molecule has 1 aromatic heterocycles. The van der Waals surface area contributed by atoms with Gasteiger partial charge in [-0.3, -0.25) is 9.69 Å². The largest absolute Gasteiger partial charge is 0.393 e. The van der Waals surface area contributed by atoms with Gasteiger partial charge in [0.05, 0.1) is 18.4 Å². The van der Waals surface area contributed by atoms with Crippen molar-refractivity contribution < 1.29 is 22.5 Å². The molecule has 102 valence electrons. The van der Waals surface area contributed by atoms with E-state index < -0.39 is 23.9 Å². The number of halogens is 3. The Morgan fingerprint density at radius 1 is 1.50 bits per heavy atom. The molecular formula is C10H14F3N3O2. The zero-order valence-electron chi connectivity index (χ0n) is 10.2. The molecule has 0 bridgehead atoms. The molecule has 0 N–H and O–H groups in total. The summed E-state index contributed by atoms with van der Waals surface area (Å²) in [5.41, 5.74) is 0. The first-order valence-corrected chi connectivity index (χ1v) is 5.25. The third-order valence-electron chi connectivity index (χ3n) is 2.61. The van der Waals surface area contributed by atoms with E-state index in [4.69, 9.17) is 0 Å². The van der Waals surface area contributed by atoms with E-state index in [1.165, 1.54) is 19.0 Å². The Hall–Kier alpha value is -1.44. The van der Waals surface area contributed by atoms with Crippen LogP contribution in [0.4, 0.5) is 13.2 Å². The van der Waals surface area contributed by atoms with Crippen molar-refractivity contribution in [2.24, 2.45) is 5.92 Å². The van der Waals surface area contributed by atoms with Gasteiger partial charge in [-0.2, -0.15) is 18.2 Å². The number of hydrogen-bond donors (Lipinski definition) is 0. The first-order valence-electron chi connectivity index (χ1n) is 5.25. The summed E-state index contributed by atoms with van der Waals surface area (Å²) in [5, 5.41) is 3.30. The van der Waals surface area contributed by atoms with E-state index in [-0.39, 0.29) is 12.3 Å². The molecule has 0 aliphatic carbocycles. The molecular weight excluding hydrogens is 251 g/mol. The fourth-order valence-corrected chi connectivity index (χ4v) is 1.72. The summed E-state index contributed by atoms with van der Waals surface area (Å²) in [6.45, 7) is 0.983. The van der Waals surface area contributed by atoms with E-state index in [0.717, 1.165) is 13.3 Å². The molecule has 1 aromatic rings. The number of nitrogens with zero attached hydrogens (tertiary/aromatic N) is 3. The van der Waals surface area contributed by atoms with E-state index in [0.29, 0.717) is 0 Å². The summed E-state index contributed by atoms with van der Waals surface area (Å²) in [4.78, 5) is 16.7. The molecule has 1 heterocycles. The van der Waals surface area contributed by atoms with Gasteiger partial charge >= 0.3 is 6.18 Å². The van der Waals surface area contributed by atoms with Crippen molar-refractivity contribution >= 4 is 5.78 Å². The van der Waals surface area contributed by atoms with Gasteiger partial charge in [0.1, 0.15) is 0 Å². The van der Waals surface area contributed by atoms with Crippen LogP contribution in [0, 0.1) is 5.92 Å². The van der Waals surface area contributed by atoms with Crippen molar-refractivity contribution in [1.82, 2.24) is 15.0 Å². The monoisotopic (exact) mass is 265 g/mol. The Bertz CT molecular complexity index is 390. The summed E-state index contributed by atoms with van der Waals surface area (Å²) < 4.78 is 42.6. The minimum Gasteiger partial charge on any atom is -0.339 e. The van der Waals surface area contributed by atoms with E-state index >= 15 is 0 Å². The van der Waals surface area contributed by atoms with Gasteiger partial charge in [0.2, 0.25) is 5.89 Å². The number of Topliss-reactive ketones (excluding diaryl/α,β-unsaturated/α-hetero) is 1. The maximum Gasteiger partial charge on any atom is 0.393 e. The number of carbonyl (C=O) groups excluding carboxylic acids is 1. The van der Waals surface area contributed by atoms with Crippen LogP contribution in [0.1, 0.15) is 12.8 Å². The van der Waals surface area contributed by atoms with Gasteiger partial charge in [-0.05, 0) is 14.1 Å². The predicted octanol–water partition coefficient (Wildman–Crippen LogP) is 1.31. The minimum atomic E-state index is -4.43. The highest BCUT2D eigenvalue weighted by Gasteiger charge is 2.45. The molecule has 2 unspecified atom stereocenters. The Kier molecular flexibility index (Phi) is 4.44. The molecule has 0 saturated carbocycles. The van der Waals surface area contributed by atoms with Gasteiger partial charge < -0.3 is 4.52 Å². The van der Waals surface area contributed by atoms with Crippen LogP contribution in [0.3, 0.4) is 0 Å². The molecule has 0 aliphatic rings. The molecule has 18 heavy (non-hydrogen) atoms. The molecule has 0 aromatic carbocycles. The third-order valence-corrected chi connectivity index (χ3v) is 2.61. The SMILES string of the molecule is CC(C(C(=O)Cc1ncno1)N(C)C)C(F)(F)F. The molecule has 8 heteroatoms. The van der Waals surface area contributed by atoms with Gasteiger partial charge in [0, 0.05) is 0 Å². The summed E-state index contributed by atoms with van der Waals surface area (Å²) in [6, 6.07) is -1.27. The molecule has 0 aliphatic heterocycles. The second kappa shape index (κ2) is 5.47. The van der Waals surface area contributed by atoms with Crippen molar-refractivity contribution in [1.29, 1.82) is 0 Å². The topological polar surface area (TPSA) is 59.2 Å². The second-order valence-electron chi connectivity index (χ2n) is 4.22. The summed E-state index contributed by atoms with van der Waals surface area (Å²) >= 11 is 0. The maximum atomic E-state index is 12.7. The molecule has 1 rings (SSSR count). The van der Waals surface area contributed by atoms with Gasteiger partial charge in [-0.15, -0.1) is 0 Å². The normalized spacial score (nSPS) is 15.7. The lowest BCUT2D eigenvalue weighted by Crippen LogP contribution is -2.47. The highest BCUT2D eigenvalue weighted by Crippen LogP contribution is 2.30. The van der Waals surface area contributed by atoms with Crippen LogP contribution in [-0.4, -0.2) is 47.1 Å². The third kappa shape index (κ3) is 3.52. The fraction of sp³-hybridized carbons (Fsp3) is 0.700. The van der Waals surface area contributed by atoms with Crippen molar-refractivity contribution in [3.05, 3.63) is 12.2 Å². The smallest absolute Gasteiger partial charge is 0.339 e. The summed E-state index contributed by atoms with van der Waals surface area (Å²) in [7, 11) is 2.86. The summed E-state index contributed by atoms with van der Waals surface area (Å²) in [5.74, 6) is -2.35. The van der Waals surface area contributed by atoms with E-state index in [1.54, 1.807) is 0 Å². The van der Waals surface area contributed by atoms with Crippen LogP contribution >= 0.6 is 0 Å². The molecule has 0 fully saturated rings. The molecule has 5 nitrogen and oxygen atoms in total. The maximum absolute atomic E-state index is 12.7. The lowest BCUT2D eigenvalue weighted by Gasteiger charge is -2.29. The first-order chi connectivity index (χ1) is 8.23. The summed E-state index contributed by atoms with van der Waals surface area (Å²) in [6.07, 6.45) is -3.64. The van der Waals surface area contributed by atoms with Crippen LogP contribution in [0.5, 0.6) is 0 Å². The first kappa shape index (κ1) is 14.6. The molecule has 0 saturated heterocycles. The Morgan fingerprint density at radius 3 is 2.50 bits per heavy atom. The van der Waals surface area contributed by atoms with E-state index in [2.05, 4.69) is 14.7 Å². The number of ketones is 1. The number of carbonyl (C=O) groups is 1. The standard InChI is InChI=1S/C10H14F3N3O2/c1-6(10(11,12)13)9(16(2)3)7(17)4-8-14-5-15-18-8/h5-6,9H,4H2,1-3H3. The number of likely N-dealkylation sites (N-methyl/N-ethyl adjacent to an activating group) is 1. The molecule has 0 radical (unpaired) electrons. The van der Waals surface area contributed by atoms with Crippen molar-refractivity contribution in [3.63, 3.8) is 0 Å². The van der Waals surface area contributed by atoms with Crippen LogP contribution in [0.2, 0.25) is 0 Å². The Balaban J connectivity index is 2.82. The van der Waals surface area contributed by atoms with E-state index in [1.807, 2.05) is 0 Å². The average Bonchev–Trinajstić information content (AvgIpc) is 2.68. The number of alkyl halides is 3. The lowest BCUT2D eigenvalue weighted by atomic mass is 9.94. The highest BCUT2D eigenvalue weighted by atomic mass is 19.4. The minimum absolute atomic E-state index is 0.0150. The quantitative estimate of drug-likeness (QED) is 0.803. The van der Waals surface area contributed by atoms with Gasteiger partial charge in [0.15, 0.2) is 12.1 Å². The zero-order chi connectivity index (χ0) is 13.9. The van der Waals surface area contributed by atoms with Crippen LogP contribution in [0.25, 0.3) is 0 Å². The van der Waals surface area contributed by atoms with Crippen LogP contribution in [-0.2, 0) is 11.2 Å². The Labute approximate surface area is 102 Å². The van der Waals surface area contributed by atoms with Crippen molar-refractivity contribution in [2.45, 2.75) is 25.6 Å². The predicted molar refractivity (Wildman–Crippen MR) is 55.7 cm³/mol. The van der Waals surface area contributed by atoms with Crippen molar-refractivity contribution in [3.8, 4) is 0 Å². The van der Waals surface area contributed by atoms with Gasteiger partial charge in [-0.1, -0.05) is 12.1 Å². The zero-order valence-corrected chi connectivity index (χ0v) is 10.2. The molecule has 0 amide bonds. The van der Waals surface area contributed by atoms with Crippen LogP contribution < -0.4 is 0 Å². The van der Waals surface area contributed by atoms with Crippen molar-refractivity contribution in [2.75, 3.05) is 14.1 Å². The fourth-order valence-electron chi connectivity index (χ4n) is 1.72. The van der Waals surface area contributed by atoms with Gasteiger partial charge in [-0.25, -0.2) is 0 Å². The molecule has 2 atom stereocenters. The number of hydrogen-bond acceptors (Lipinski definition) is 5. The van der Waals surface area contributed by atoms with Gasteiger partial charge in [0.25, 0.3) is 0 Å². The lowest BCUT2D eigenvalue weighted by molar-refractivity contribution is -0.186. The number of rotatable bonds is 5. The second-order valence-corrected chi connectivity index (χ2v) is 4.22. The van der Waals surface area contributed by atoms with Crippen LogP contribution in [0.15, 0.2) is 10.9 Å². The number of aromatic nitrogens is 2. The molecule has 0 spiro atoms. The highest BCUT2D eigenvalue weighted by molar-refractivity contribution is 5.85.